The molecule has 1 N–H and O–H groups in total. The van der Waals surface area contributed by atoms with Crippen LogP contribution in [0.5, 0.6) is 0 Å². The summed E-state index contributed by atoms with van der Waals surface area (Å²) in [6, 6.07) is 12.2. The molecule has 0 radical (unpaired) electrons. The maximum atomic E-state index is 12.3. The van der Waals surface area contributed by atoms with E-state index < -0.39 is 17.1 Å². The highest BCUT2D eigenvalue weighted by Gasteiger charge is 2.31. The van der Waals surface area contributed by atoms with Crippen molar-refractivity contribution in [2.45, 2.75) is 11.5 Å². The molecular formula is C18H18BN3O5S. The average molecular weight is 399 g/mol. The Morgan fingerprint density at radius 1 is 1.36 bits per heavy atom. The van der Waals surface area contributed by atoms with Crippen LogP contribution in [0.25, 0.3) is 0 Å². The van der Waals surface area contributed by atoms with Crippen molar-refractivity contribution < 1.29 is 22.8 Å². The maximum Gasteiger partial charge on any atom is 0.491 e. The van der Waals surface area contributed by atoms with Gasteiger partial charge in [-0.25, -0.2) is 5.01 Å². The van der Waals surface area contributed by atoms with Crippen molar-refractivity contribution in [3.8, 4) is 0 Å². The lowest BCUT2D eigenvalue weighted by atomic mass is 9.79. The van der Waals surface area contributed by atoms with Gasteiger partial charge in [-0.3, -0.25) is 0 Å². The third-order valence-corrected chi connectivity index (χ3v) is 5.87. The monoisotopic (exact) mass is 399 g/mol. The highest BCUT2D eigenvalue weighted by Crippen LogP contribution is 2.27. The van der Waals surface area contributed by atoms with E-state index in [-0.39, 0.29) is 10.7 Å². The molecule has 2 aromatic carbocycles. The van der Waals surface area contributed by atoms with Crippen LogP contribution in [0.2, 0.25) is 0 Å². The maximum absolute atomic E-state index is 12.3. The van der Waals surface area contributed by atoms with Crippen LogP contribution in [-0.4, -0.2) is 57.9 Å². The van der Waals surface area contributed by atoms with E-state index in [4.69, 9.17) is 9.39 Å². The van der Waals surface area contributed by atoms with Crippen LogP contribution in [0.1, 0.15) is 16.7 Å². The molecule has 8 nitrogen and oxygen atoms in total. The fraction of sp³-hybridized carbons (Fsp3) is 0.222. The van der Waals surface area contributed by atoms with Gasteiger partial charge in [-0.15, -0.1) is 4.40 Å². The van der Waals surface area contributed by atoms with Gasteiger partial charge in [0, 0.05) is 12.7 Å². The number of hydrogen-bond acceptors (Lipinski definition) is 7. The highest BCUT2D eigenvalue weighted by molar-refractivity contribution is 7.90. The Bertz CT molecular complexity index is 1070. The Morgan fingerprint density at radius 3 is 3.00 bits per heavy atom. The quantitative estimate of drug-likeness (QED) is 0.442. The lowest BCUT2D eigenvalue weighted by Gasteiger charge is -2.18. The summed E-state index contributed by atoms with van der Waals surface area (Å²) in [5.41, 5.74) is 2.95. The zero-order valence-electron chi connectivity index (χ0n) is 15.1. The summed E-state index contributed by atoms with van der Waals surface area (Å²) in [7, 11) is -3.07. The van der Waals surface area contributed by atoms with Crippen LogP contribution in [0.3, 0.4) is 0 Å². The summed E-state index contributed by atoms with van der Waals surface area (Å²) in [4.78, 5) is 0.172. The van der Waals surface area contributed by atoms with Gasteiger partial charge in [0.25, 0.3) is 10.0 Å². The zero-order chi connectivity index (χ0) is 19.7. The molecule has 0 aromatic heterocycles. The average Bonchev–Trinajstić information content (AvgIpc) is 3.19. The fourth-order valence-corrected chi connectivity index (χ4v) is 4.34. The van der Waals surface area contributed by atoms with Gasteiger partial charge in [-0.05, 0) is 34.8 Å². The molecule has 0 aliphatic carbocycles. The second-order valence-electron chi connectivity index (χ2n) is 6.37. The van der Waals surface area contributed by atoms with Crippen LogP contribution >= 0.6 is 0 Å². The molecule has 0 fully saturated rings. The molecule has 0 spiro atoms. The van der Waals surface area contributed by atoms with Crippen molar-refractivity contribution >= 4 is 34.7 Å². The summed E-state index contributed by atoms with van der Waals surface area (Å²) in [6.45, 7) is 1.02. The SMILES string of the molecule is COCCN(/N=C/c1ccc2c(c1)COB2O)C1=NS(=O)(=O)c2ccccc21. The molecule has 2 aliphatic heterocycles. The van der Waals surface area contributed by atoms with Crippen molar-refractivity contribution in [2.75, 3.05) is 20.3 Å². The van der Waals surface area contributed by atoms with Crippen molar-refractivity contribution in [3.05, 3.63) is 59.2 Å². The van der Waals surface area contributed by atoms with Crippen molar-refractivity contribution in [3.63, 3.8) is 0 Å². The smallest absolute Gasteiger partial charge is 0.423 e. The van der Waals surface area contributed by atoms with Crippen molar-refractivity contribution in [1.29, 1.82) is 0 Å². The number of amidine groups is 1. The van der Waals surface area contributed by atoms with Gasteiger partial charge in [0.2, 0.25) is 0 Å². The minimum absolute atomic E-state index is 0.172. The van der Waals surface area contributed by atoms with Gasteiger partial charge in [-0.1, -0.05) is 24.3 Å². The van der Waals surface area contributed by atoms with Crippen LogP contribution in [0, 0.1) is 0 Å². The van der Waals surface area contributed by atoms with Crippen LogP contribution in [0.15, 0.2) is 56.9 Å². The Morgan fingerprint density at radius 2 is 2.18 bits per heavy atom. The molecule has 0 amide bonds. The van der Waals surface area contributed by atoms with Crippen LogP contribution < -0.4 is 5.46 Å². The van der Waals surface area contributed by atoms with E-state index in [1.807, 2.05) is 12.1 Å². The first-order valence-corrected chi connectivity index (χ1v) is 10.1. The fourth-order valence-electron chi connectivity index (χ4n) is 3.14. The largest absolute Gasteiger partial charge is 0.491 e. The highest BCUT2D eigenvalue weighted by atomic mass is 32.2. The molecule has 4 rings (SSSR count). The van der Waals surface area contributed by atoms with E-state index >= 15 is 0 Å². The molecular weight excluding hydrogens is 381 g/mol. The predicted molar refractivity (Wildman–Crippen MR) is 105 cm³/mol. The Balaban J connectivity index is 1.66. The normalized spacial score (nSPS) is 16.9. The minimum atomic E-state index is -3.73. The minimum Gasteiger partial charge on any atom is -0.423 e. The van der Waals surface area contributed by atoms with E-state index in [1.165, 1.54) is 11.1 Å². The molecule has 2 aliphatic rings. The summed E-state index contributed by atoms with van der Waals surface area (Å²) in [6.07, 6.45) is 1.62. The van der Waals surface area contributed by atoms with Crippen molar-refractivity contribution in [2.24, 2.45) is 9.50 Å². The molecule has 0 unspecified atom stereocenters. The molecule has 2 heterocycles. The number of sulfonamides is 1. The van der Waals surface area contributed by atoms with Crippen molar-refractivity contribution in [1.82, 2.24) is 5.01 Å². The molecule has 0 bridgehead atoms. The molecule has 0 saturated carbocycles. The van der Waals surface area contributed by atoms with Gasteiger partial charge < -0.3 is 14.4 Å². The molecule has 2 aromatic rings. The van der Waals surface area contributed by atoms with Gasteiger partial charge in [-0.2, -0.15) is 13.5 Å². The third-order valence-electron chi connectivity index (χ3n) is 4.54. The Kier molecular flexibility index (Phi) is 5.03. The first kappa shape index (κ1) is 18.8. The number of ether oxygens (including phenoxy) is 1. The summed E-state index contributed by atoms with van der Waals surface area (Å²) in [5, 5.41) is 15.7. The summed E-state index contributed by atoms with van der Waals surface area (Å²) < 4.78 is 38.9. The van der Waals surface area contributed by atoms with Gasteiger partial charge in [0.1, 0.15) is 4.90 Å². The standard InChI is InChI=1S/C18H18BN3O5S/c1-26-9-8-22(18-15-4-2-3-5-17(15)28(24,25)21-18)20-11-13-6-7-16-14(10-13)12-27-19(16)23/h2-7,10-11,23H,8-9,12H2,1H3/b20-11+. The zero-order valence-corrected chi connectivity index (χ0v) is 16.0. The second kappa shape index (κ2) is 7.48. The van der Waals surface area contributed by atoms with Gasteiger partial charge in [0.15, 0.2) is 5.84 Å². The number of fused-ring (bicyclic) bond motifs is 2. The van der Waals surface area contributed by atoms with Crippen LogP contribution in [0.4, 0.5) is 0 Å². The summed E-state index contributed by atoms with van der Waals surface area (Å²) >= 11 is 0. The number of nitrogens with zero attached hydrogens (tertiary/aromatic N) is 3. The lowest BCUT2D eigenvalue weighted by Crippen LogP contribution is -2.29. The van der Waals surface area contributed by atoms with E-state index in [0.717, 1.165) is 16.6 Å². The first-order valence-electron chi connectivity index (χ1n) is 8.67. The molecule has 144 valence electrons. The molecule has 10 heteroatoms. The number of hydrogen-bond donors (Lipinski definition) is 1. The first-order chi connectivity index (χ1) is 13.5. The number of benzene rings is 2. The van der Waals surface area contributed by atoms with E-state index in [2.05, 4.69) is 9.50 Å². The van der Waals surface area contributed by atoms with E-state index in [1.54, 1.807) is 37.6 Å². The van der Waals surface area contributed by atoms with Gasteiger partial charge >= 0.3 is 7.12 Å². The lowest BCUT2D eigenvalue weighted by molar-refractivity contribution is 0.178. The molecule has 0 saturated heterocycles. The number of rotatable bonds is 5. The van der Waals surface area contributed by atoms with Crippen LogP contribution in [-0.2, 0) is 26.0 Å². The number of methoxy groups -OCH3 is 1. The molecule has 0 atom stereocenters. The number of hydrazone groups is 1. The topological polar surface area (TPSA) is 101 Å². The van der Waals surface area contributed by atoms with E-state index in [0.29, 0.717) is 25.3 Å². The predicted octanol–water partition coefficient (Wildman–Crippen LogP) is 0.336. The van der Waals surface area contributed by atoms with E-state index in [9.17, 15) is 13.4 Å². The summed E-state index contributed by atoms with van der Waals surface area (Å²) in [5.74, 6) is 0.267. The Hall–Kier alpha value is -2.53. The Labute approximate surface area is 163 Å². The van der Waals surface area contributed by atoms with Gasteiger partial charge in [0.05, 0.1) is 26.0 Å². The third kappa shape index (κ3) is 3.47. The second-order valence-corrected chi connectivity index (χ2v) is 7.94. The molecule has 28 heavy (non-hydrogen) atoms.